The van der Waals surface area contributed by atoms with Gasteiger partial charge in [-0.1, -0.05) is 23.2 Å². The van der Waals surface area contributed by atoms with Crippen LogP contribution in [-0.4, -0.2) is 41.1 Å². The number of halogens is 3. The number of aliphatic carboxylic acids is 1. The van der Waals surface area contributed by atoms with Crippen molar-refractivity contribution in [2.75, 3.05) is 13.1 Å². The topological polar surface area (TPSA) is 97.0 Å². The maximum Gasteiger partial charge on any atom is 0.336 e. The molecule has 2 atom stereocenters. The lowest BCUT2D eigenvalue weighted by atomic mass is 9.98. The van der Waals surface area contributed by atoms with E-state index in [0.717, 1.165) is 6.07 Å². The molecule has 0 spiro atoms. The van der Waals surface area contributed by atoms with Crippen molar-refractivity contribution in [2.24, 2.45) is 5.92 Å². The van der Waals surface area contributed by atoms with Gasteiger partial charge in [0.05, 0.1) is 16.0 Å². The van der Waals surface area contributed by atoms with Crippen LogP contribution in [0.5, 0.6) is 5.75 Å². The average molecular weight is 508 g/mol. The summed E-state index contributed by atoms with van der Waals surface area (Å²) >= 11 is 12.7. The summed E-state index contributed by atoms with van der Waals surface area (Å²) in [5.74, 6) is -2.22. The van der Waals surface area contributed by atoms with Crippen LogP contribution >= 0.6 is 23.2 Å². The number of amides is 1. The van der Waals surface area contributed by atoms with Crippen LogP contribution in [0.3, 0.4) is 0 Å². The zero-order valence-corrected chi connectivity index (χ0v) is 19.5. The van der Waals surface area contributed by atoms with Gasteiger partial charge in [-0.15, -0.1) is 0 Å². The molecule has 1 saturated heterocycles. The van der Waals surface area contributed by atoms with E-state index in [-0.39, 0.29) is 33.8 Å². The molecular weight excluding hydrogens is 488 g/mol. The monoisotopic (exact) mass is 507 g/mol. The molecule has 1 aromatic heterocycles. The fourth-order valence-corrected chi connectivity index (χ4v) is 4.68. The normalized spacial score (nSPS) is 16.9. The standard InChI is InChI=1S/C24H20Cl2FNO6/c1-12(23(30)28-6-2-3-13(11-28)24(31)32)33-15-8-19(26)22-17(10-21(29)34-20(22)9-15)16-5-4-14(27)7-18(16)25/h4-5,7-10,12-13H,2-3,6,11H2,1H3,(H,31,32)/t12-,13+/m1/s1. The van der Waals surface area contributed by atoms with Crippen LogP contribution in [-0.2, 0) is 9.59 Å². The van der Waals surface area contributed by atoms with Crippen LogP contribution in [0, 0.1) is 11.7 Å². The molecule has 3 aromatic rings. The summed E-state index contributed by atoms with van der Waals surface area (Å²) in [6, 6.07) is 7.92. The zero-order valence-electron chi connectivity index (χ0n) is 18.0. The molecule has 0 radical (unpaired) electrons. The minimum absolute atomic E-state index is 0.101. The first kappa shape index (κ1) is 24.0. The molecule has 2 heterocycles. The van der Waals surface area contributed by atoms with Crippen LogP contribution in [0.4, 0.5) is 4.39 Å². The van der Waals surface area contributed by atoms with Crippen LogP contribution in [0.25, 0.3) is 22.1 Å². The van der Waals surface area contributed by atoms with Gasteiger partial charge in [0.15, 0.2) is 6.10 Å². The summed E-state index contributed by atoms with van der Waals surface area (Å²) in [5, 5.41) is 9.91. The van der Waals surface area contributed by atoms with Crippen molar-refractivity contribution in [1.29, 1.82) is 0 Å². The molecule has 0 aliphatic carbocycles. The molecule has 0 saturated carbocycles. The molecule has 0 bridgehead atoms. The van der Waals surface area contributed by atoms with Crippen molar-refractivity contribution >= 4 is 46.0 Å². The van der Waals surface area contributed by atoms with E-state index in [9.17, 15) is 23.9 Å². The third-order valence-electron chi connectivity index (χ3n) is 5.73. The number of hydrogen-bond acceptors (Lipinski definition) is 5. The van der Waals surface area contributed by atoms with Gasteiger partial charge in [0.2, 0.25) is 0 Å². The number of ether oxygens (including phenoxy) is 1. The van der Waals surface area contributed by atoms with E-state index in [2.05, 4.69) is 0 Å². The first-order chi connectivity index (χ1) is 16.1. The average Bonchev–Trinajstić information content (AvgIpc) is 2.77. The van der Waals surface area contributed by atoms with Crippen molar-refractivity contribution in [3.63, 3.8) is 0 Å². The van der Waals surface area contributed by atoms with Gasteiger partial charge >= 0.3 is 11.6 Å². The van der Waals surface area contributed by atoms with Crippen molar-refractivity contribution in [2.45, 2.75) is 25.9 Å². The Bertz CT molecular complexity index is 1340. The highest BCUT2D eigenvalue weighted by Crippen LogP contribution is 2.38. The van der Waals surface area contributed by atoms with E-state index in [4.69, 9.17) is 32.4 Å². The molecule has 4 rings (SSSR count). The fraction of sp³-hybridized carbons (Fsp3) is 0.292. The summed E-state index contributed by atoms with van der Waals surface area (Å²) in [6.07, 6.45) is 0.188. The third-order valence-corrected chi connectivity index (χ3v) is 6.34. The number of nitrogens with zero attached hydrogens (tertiary/aromatic N) is 1. The van der Waals surface area contributed by atoms with Gasteiger partial charge < -0.3 is 19.2 Å². The van der Waals surface area contributed by atoms with Gasteiger partial charge in [-0.2, -0.15) is 0 Å². The largest absolute Gasteiger partial charge is 0.481 e. The van der Waals surface area contributed by atoms with Crippen molar-refractivity contribution < 1.29 is 28.2 Å². The highest BCUT2D eigenvalue weighted by atomic mass is 35.5. The maximum absolute atomic E-state index is 13.5. The summed E-state index contributed by atoms with van der Waals surface area (Å²) in [6.45, 7) is 2.12. The lowest BCUT2D eigenvalue weighted by Gasteiger charge is -2.32. The first-order valence-corrected chi connectivity index (χ1v) is 11.3. The van der Waals surface area contributed by atoms with Crippen LogP contribution in [0.2, 0.25) is 10.0 Å². The Morgan fingerprint density at radius 2 is 1.94 bits per heavy atom. The molecule has 1 aliphatic heterocycles. The summed E-state index contributed by atoms with van der Waals surface area (Å²) < 4.78 is 24.6. The second kappa shape index (κ2) is 9.64. The Morgan fingerprint density at radius 1 is 1.18 bits per heavy atom. The highest BCUT2D eigenvalue weighted by molar-refractivity contribution is 6.37. The quantitative estimate of drug-likeness (QED) is 0.488. The van der Waals surface area contributed by atoms with Gasteiger partial charge in [0, 0.05) is 41.7 Å². The molecule has 0 unspecified atom stereocenters. The van der Waals surface area contributed by atoms with Gasteiger partial charge in [-0.05, 0) is 44.0 Å². The van der Waals surface area contributed by atoms with E-state index < -0.39 is 29.4 Å². The van der Waals surface area contributed by atoms with Gasteiger partial charge in [0.25, 0.3) is 5.91 Å². The van der Waals surface area contributed by atoms with E-state index >= 15 is 0 Å². The Hall–Kier alpha value is -3.10. The SMILES string of the molecule is C[C@@H](Oc1cc(Cl)c2c(-c3ccc(F)cc3Cl)cc(=O)oc2c1)C(=O)N1CCC[C@H](C(=O)O)C1. The molecule has 1 amide bonds. The Morgan fingerprint density at radius 3 is 2.65 bits per heavy atom. The second-order valence-corrected chi connectivity index (χ2v) is 8.92. The number of carboxylic acid groups (broad SMARTS) is 1. The van der Waals surface area contributed by atoms with Crippen LogP contribution < -0.4 is 10.4 Å². The number of likely N-dealkylation sites (tertiary alicyclic amines) is 1. The number of piperidine rings is 1. The van der Waals surface area contributed by atoms with Gasteiger partial charge in [-0.25, -0.2) is 9.18 Å². The van der Waals surface area contributed by atoms with Crippen molar-refractivity contribution in [3.8, 4) is 16.9 Å². The van der Waals surface area contributed by atoms with Crippen LogP contribution in [0.15, 0.2) is 45.6 Å². The van der Waals surface area contributed by atoms with Gasteiger partial charge in [-0.3, -0.25) is 9.59 Å². The summed E-state index contributed by atoms with van der Waals surface area (Å²) in [5.41, 5.74) is 0.199. The first-order valence-electron chi connectivity index (χ1n) is 10.5. The van der Waals surface area contributed by atoms with Crippen molar-refractivity contribution in [3.05, 3.63) is 62.7 Å². The number of carbonyl (C=O) groups excluding carboxylic acids is 1. The molecule has 34 heavy (non-hydrogen) atoms. The molecular formula is C24H20Cl2FNO6. The number of benzene rings is 2. The predicted molar refractivity (Wildman–Crippen MR) is 125 cm³/mol. The Kier molecular flexibility index (Phi) is 6.81. The molecule has 178 valence electrons. The lowest BCUT2D eigenvalue weighted by Crippen LogP contribution is -2.47. The van der Waals surface area contributed by atoms with E-state index in [1.165, 1.54) is 35.2 Å². The summed E-state index contributed by atoms with van der Waals surface area (Å²) in [4.78, 5) is 37.8. The molecule has 1 fully saturated rings. The third kappa shape index (κ3) is 4.88. The lowest BCUT2D eigenvalue weighted by molar-refractivity contribution is -0.147. The fourth-order valence-electron chi connectivity index (χ4n) is 4.11. The minimum atomic E-state index is -0.931. The Labute approximate surface area is 203 Å². The number of hydrogen-bond donors (Lipinski definition) is 1. The summed E-state index contributed by atoms with van der Waals surface area (Å²) in [7, 11) is 0. The molecule has 7 nitrogen and oxygen atoms in total. The van der Waals surface area contributed by atoms with Gasteiger partial charge in [0.1, 0.15) is 17.1 Å². The zero-order chi connectivity index (χ0) is 24.6. The molecule has 2 aromatic carbocycles. The second-order valence-electron chi connectivity index (χ2n) is 8.10. The smallest absolute Gasteiger partial charge is 0.336 e. The maximum atomic E-state index is 13.5. The molecule has 10 heteroatoms. The Balaban J connectivity index is 1.64. The number of carboxylic acids is 1. The number of rotatable bonds is 5. The van der Waals surface area contributed by atoms with E-state index in [1.807, 2.05) is 0 Å². The number of fused-ring (bicyclic) bond motifs is 1. The number of carbonyl (C=O) groups is 2. The van der Waals surface area contributed by atoms with Crippen molar-refractivity contribution in [1.82, 2.24) is 4.90 Å². The van der Waals surface area contributed by atoms with E-state index in [1.54, 1.807) is 6.92 Å². The predicted octanol–water partition coefficient (Wildman–Crippen LogP) is 5.00. The van der Waals surface area contributed by atoms with E-state index in [0.29, 0.717) is 35.9 Å². The minimum Gasteiger partial charge on any atom is -0.481 e. The van der Waals surface area contributed by atoms with Crippen LogP contribution in [0.1, 0.15) is 19.8 Å². The molecule has 1 N–H and O–H groups in total. The highest BCUT2D eigenvalue weighted by Gasteiger charge is 2.31. The molecule has 1 aliphatic rings.